The molecule has 1 aliphatic heterocycles. The van der Waals surface area contributed by atoms with Crippen molar-refractivity contribution in [3.05, 3.63) is 0 Å². The van der Waals surface area contributed by atoms with E-state index in [0.717, 1.165) is 37.8 Å². The Balaban J connectivity index is 1.86. The van der Waals surface area contributed by atoms with Gasteiger partial charge in [-0.05, 0) is 58.0 Å². The van der Waals surface area contributed by atoms with Crippen molar-refractivity contribution in [2.45, 2.75) is 44.8 Å². The van der Waals surface area contributed by atoms with E-state index in [0.29, 0.717) is 6.04 Å². The summed E-state index contributed by atoms with van der Waals surface area (Å²) in [6, 6.07) is 0.332. The summed E-state index contributed by atoms with van der Waals surface area (Å²) >= 11 is 0. The first-order valence-electron chi connectivity index (χ1n) is 6.60. The number of methoxy groups -OCH3 is 1. The van der Waals surface area contributed by atoms with Gasteiger partial charge < -0.3 is 15.4 Å². The first kappa shape index (κ1) is 12.8. The molecule has 2 aliphatic rings. The minimum absolute atomic E-state index is 0.00871. The summed E-state index contributed by atoms with van der Waals surface area (Å²) in [5.74, 6) is 1.59. The Morgan fingerprint density at radius 3 is 2.71 bits per heavy atom. The largest absolute Gasteiger partial charge is 0.369 e. The van der Waals surface area contributed by atoms with Gasteiger partial charge in [0.25, 0.3) is 5.91 Å². The molecule has 3 atom stereocenters. The van der Waals surface area contributed by atoms with Crippen molar-refractivity contribution in [2.75, 3.05) is 20.2 Å². The minimum atomic E-state index is -0.717. The van der Waals surface area contributed by atoms with E-state index in [1.165, 1.54) is 6.42 Å². The Labute approximate surface area is 103 Å². The summed E-state index contributed by atoms with van der Waals surface area (Å²) in [6.07, 6.45) is 3.45. The summed E-state index contributed by atoms with van der Waals surface area (Å²) < 4.78 is 5.20. The Morgan fingerprint density at radius 2 is 2.00 bits per heavy atom. The monoisotopic (exact) mass is 240 g/mol. The molecular formula is C13H24N2O2. The van der Waals surface area contributed by atoms with Gasteiger partial charge in [0.05, 0.1) is 0 Å². The van der Waals surface area contributed by atoms with Crippen LogP contribution >= 0.6 is 0 Å². The fraction of sp³-hybridized carbons (Fsp3) is 0.923. The predicted molar refractivity (Wildman–Crippen MR) is 66.7 cm³/mol. The van der Waals surface area contributed by atoms with E-state index in [2.05, 4.69) is 10.6 Å². The predicted octanol–water partition coefficient (Wildman–Crippen LogP) is 0.916. The molecule has 4 nitrogen and oxygen atoms in total. The Morgan fingerprint density at radius 1 is 1.29 bits per heavy atom. The maximum Gasteiger partial charge on any atom is 0.251 e. The van der Waals surface area contributed by atoms with Crippen LogP contribution in [0, 0.1) is 11.8 Å². The standard InChI is InChI=1S/C13H24N2O2/c1-13(2,17-3)12(16)15-11-5-4-9-7-14-8-10(9)6-11/h9-11,14H,4-8H2,1-3H3,(H,15,16)/t9-,10+,11?/m0/s1. The smallest absolute Gasteiger partial charge is 0.251 e. The first-order valence-corrected chi connectivity index (χ1v) is 6.60. The third-order valence-corrected chi connectivity index (χ3v) is 4.35. The summed E-state index contributed by atoms with van der Waals surface area (Å²) in [4.78, 5) is 12.0. The lowest BCUT2D eigenvalue weighted by Gasteiger charge is -2.33. The Kier molecular flexibility index (Phi) is 3.73. The second-order valence-corrected chi connectivity index (χ2v) is 5.88. The maximum absolute atomic E-state index is 12.0. The number of amides is 1. The third-order valence-electron chi connectivity index (χ3n) is 4.35. The third kappa shape index (κ3) is 2.80. The lowest BCUT2D eigenvalue weighted by molar-refractivity contribution is -0.140. The van der Waals surface area contributed by atoms with Gasteiger partial charge in [-0.25, -0.2) is 0 Å². The van der Waals surface area contributed by atoms with E-state index in [-0.39, 0.29) is 5.91 Å². The van der Waals surface area contributed by atoms with E-state index < -0.39 is 5.60 Å². The van der Waals surface area contributed by atoms with Crippen LogP contribution in [0.15, 0.2) is 0 Å². The van der Waals surface area contributed by atoms with Crippen molar-refractivity contribution in [3.63, 3.8) is 0 Å². The van der Waals surface area contributed by atoms with Crippen LogP contribution in [0.5, 0.6) is 0 Å². The van der Waals surface area contributed by atoms with Crippen LogP contribution in [0.1, 0.15) is 33.1 Å². The van der Waals surface area contributed by atoms with Crippen LogP contribution in [0.2, 0.25) is 0 Å². The number of carbonyl (C=O) groups excluding carboxylic acids is 1. The van der Waals surface area contributed by atoms with Gasteiger partial charge in [-0.3, -0.25) is 4.79 Å². The van der Waals surface area contributed by atoms with Gasteiger partial charge in [0.1, 0.15) is 5.60 Å². The minimum Gasteiger partial charge on any atom is -0.369 e. The fourth-order valence-corrected chi connectivity index (χ4v) is 2.88. The van der Waals surface area contributed by atoms with Crippen LogP contribution in [-0.4, -0.2) is 37.7 Å². The fourth-order valence-electron chi connectivity index (χ4n) is 2.88. The lowest BCUT2D eigenvalue weighted by atomic mass is 9.79. The summed E-state index contributed by atoms with van der Waals surface area (Å²) in [5.41, 5.74) is -0.717. The average molecular weight is 240 g/mol. The molecule has 4 heteroatoms. The molecule has 0 aromatic heterocycles. The Bertz CT molecular complexity index is 291. The van der Waals surface area contributed by atoms with Crippen LogP contribution in [-0.2, 0) is 9.53 Å². The summed E-state index contributed by atoms with van der Waals surface area (Å²) in [7, 11) is 1.58. The summed E-state index contributed by atoms with van der Waals surface area (Å²) in [6.45, 7) is 5.90. The molecule has 0 radical (unpaired) electrons. The van der Waals surface area contributed by atoms with E-state index in [1.807, 2.05) is 13.8 Å². The molecule has 1 unspecified atom stereocenters. The molecule has 1 saturated heterocycles. The number of rotatable bonds is 3. The van der Waals surface area contributed by atoms with Crippen molar-refractivity contribution in [3.8, 4) is 0 Å². The van der Waals surface area contributed by atoms with E-state index in [9.17, 15) is 4.79 Å². The SMILES string of the molecule is COC(C)(C)C(=O)NC1CC[C@H]2CNC[C@H]2C1. The molecule has 0 bridgehead atoms. The normalized spacial score (nSPS) is 33.2. The molecule has 0 aromatic carbocycles. The highest BCUT2D eigenvalue weighted by atomic mass is 16.5. The first-order chi connectivity index (χ1) is 8.03. The van der Waals surface area contributed by atoms with E-state index in [1.54, 1.807) is 7.11 Å². The quantitative estimate of drug-likeness (QED) is 0.771. The van der Waals surface area contributed by atoms with Gasteiger partial charge in [0, 0.05) is 13.2 Å². The second kappa shape index (κ2) is 4.94. The van der Waals surface area contributed by atoms with E-state index >= 15 is 0 Å². The number of ether oxygens (including phenoxy) is 1. The Hall–Kier alpha value is -0.610. The van der Waals surface area contributed by atoms with Crippen molar-refractivity contribution in [1.82, 2.24) is 10.6 Å². The van der Waals surface area contributed by atoms with Gasteiger partial charge in [-0.2, -0.15) is 0 Å². The van der Waals surface area contributed by atoms with Crippen LogP contribution in [0.3, 0.4) is 0 Å². The molecule has 1 amide bonds. The number of fused-ring (bicyclic) bond motifs is 1. The zero-order valence-corrected chi connectivity index (χ0v) is 11.1. The molecule has 0 aromatic rings. The van der Waals surface area contributed by atoms with Crippen molar-refractivity contribution < 1.29 is 9.53 Å². The average Bonchev–Trinajstić information content (AvgIpc) is 2.76. The molecule has 98 valence electrons. The highest BCUT2D eigenvalue weighted by Crippen LogP contribution is 2.32. The zero-order chi connectivity index (χ0) is 12.5. The molecule has 17 heavy (non-hydrogen) atoms. The number of carbonyl (C=O) groups is 1. The van der Waals surface area contributed by atoms with Gasteiger partial charge in [-0.15, -0.1) is 0 Å². The number of hydrogen-bond acceptors (Lipinski definition) is 3. The lowest BCUT2D eigenvalue weighted by Crippen LogP contribution is -2.49. The zero-order valence-electron chi connectivity index (χ0n) is 11.1. The molecule has 1 saturated carbocycles. The highest BCUT2D eigenvalue weighted by molar-refractivity contribution is 5.84. The highest BCUT2D eigenvalue weighted by Gasteiger charge is 2.36. The van der Waals surface area contributed by atoms with Crippen molar-refractivity contribution in [1.29, 1.82) is 0 Å². The molecule has 2 rings (SSSR count). The number of nitrogens with one attached hydrogen (secondary N) is 2. The van der Waals surface area contributed by atoms with Crippen LogP contribution in [0.25, 0.3) is 0 Å². The molecule has 2 N–H and O–H groups in total. The summed E-state index contributed by atoms with van der Waals surface area (Å²) in [5, 5.41) is 6.57. The van der Waals surface area contributed by atoms with Gasteiger partial charge in [0.15, 0.2) is 0 Å². The molecule has 2 fully saturated rings. The van der Waals surface area contributed by atoms with Gasteiger partial charge >= 0.3 is 0 Å². The van der Waals surface area contributed by atoms with Crippen LogP contribution in [0.4, 0.5) is 0 Å². The number of hydrogen-bond donors (Lipinski definition) is 2. The molecule has 1 aliphatic carbocycles. The maximum atomic E-state index is 12.0. The molecule has 0 spiro atoms. The van der Waals surface area contributed by atoms with Gasteiger partial charge in [-0.1, -0.05) is 0 Å². The van der Waals surface area contributed by atoms with Gasteiger partial charge in [0.2, 0.25) is 0 Å². The topological polar surface area (TPSA) is 50.4 Å². The van der Waals surface area contributed by atoms with E-state index in [4.69, 9.17) is 4.74 Å². The molecule has 1 heterocycles. The van der Waals surface area contributed by atoms with Crippen molar-refractivity contribution in [2.24, 2.45) is 11.8 Å². The molecular weight excluding hydrogens is 216 g/mol. The second-order valence-electron chi connectivity index (χ2n) is 5.88. The van der Waals surface area contributed by atoms with Crippen LogP contribution < -0.4 is 10.6 Å². The van der Waals surface area contributed by atoms with Crippen molar-refractivity contribution >= 4 is 5.91 Å².